The second-order valence-electron chi connectivity index (χ2n) is 6.71. The number of hydrogen-bond acceptors (Lipinski definition) is 2. The molecule has 0 bridgehead atoms. The maximum Gasteiger partial charge on any atom is 0.0453 e. The third-order valence-corrected chi connectivity index (χ3v) is 5.21. The molecule has 1 aromatic carbocycles. The monoisotopic (exact) mass is 314 g/mol. The van der Waals surface area contributed by atoms with E-state index < -0.39 is 0 Å². The first-order valence-electron chi connectivity index (χ1n) is 7.31. The topological polar surface area (TPSA) is 38.0 Å². The van der Waals surface area contributed by atoms with Crippen LogP contribution < -0.4 is 11.3 Å². The van der Waals surface area contributed by atoms with Crippen LogP contribution in [0.2, 0.25) is 10.0 Å². The van der Waals surface area contributed by atoms with Crippen LogP contribution in [0, 0.1) is 11.3 Å². The van der Waals surface area contributed by atoms with E-state index >= 15 is 0 Å². The maximum absolute atomic E-state index is 6.26. The Balaban J connectivity index is 2.02. The number of halogens is 2. The van der Waals surface area contributed by atoms with Crippen molar-refractivity contribution >= 4 is 23.2 Å². The van der Waals surface area contributed by atoms with Gasteiger partial charge < -0.3 is 0 Å². The van der Waals surface area contributed by atoms with Crippen molar-refractivity contribution in [2.75, 3.05) is 0 Å². The van der Waals surface area contributed by atoms with E-state index in [1.807, 2.05) is 12.1 Å². The van der Waals surface area contributed by atoms with Crippen LogP contribution >= 0.6 is 23.2 Å². The molecule has 0 aromatic heterocycles. The van der Waals surface area contributed by atoms with Gasteiger partial charge in [0.05, 0.1) is 0 Å². The quantitative estimate of drug-likeness (QED) is 0.630. The van der Waals surface area contributed by atoms with Crippen molar-refractivity contribution in [3.63, 3.8) is 0 Å². The van der Waals surface area contributed by atoms with Crippen LogP contribution in [0.15, 0.2) is 18.2 Å². The largest absolute Gasteiger partial charge is 0.271 e. The van der Waals surface area contributed by atoms with E-state index in [0.29, 0.717) is 16.4 Å². The van der Waals surface area contributed by atoms with Crippen LogP contribution in [-0.4, -0.2) is 6.04 Å². The Morgan fingerprint density at radius 2 is 1.95 bits per heavy atom. The molecule has 0 spiro atoms. The minimum Gasteiger partial charge on any atom is -0.271 e. The molecule has 1 aliphatic carbocycles. The third-order valence-electron chi connectivity index (χ3n) is 4.62. The van der Waals surface area contributed by atoms with Gasteiger partial charge in [-0.05, 0) is 61.1 Å². The van der Waals surface area contributed by atoms with Gasteiger partial charge >= 0.3 is 0 Å². The maximum atomic E-state index is 6.26. The second kappa shape index (κ2) is 6.65. The molecule has 0 radical (unpaired) electrons. The van der Waals surface area contributed by atoms with E-state index in [1.165, 1.54) is 25.7 Å². The highest BCUT2D eigenvalue weighted by atomic mass is 35.5. The Hall–Kier alpha value is -0.280. The molecule has 0 saturated heterocycles. The first-order valence-corrected chi connectivity index (χ1v) is 8.07. The molecular formula is C16H24Cl2N2. The minimum absolute atomic E-state index is 0.282. The number of rotatable bonds is 4. The number of nitrogens with one attached hydrogen (secondary N) is 1. The highest BCUT2D eigenvalue weighted by molar-refractivity contribution is 6.35. The molecule has 2 nitrogen and oxygen atoms in total. The van der Waals surface area contributed by atoms with Crippen LogP contribution in [0.3, 0.4) is 0 Å². The lowest BCUT2D eigenvalue weighted by Crippen LogP contribution is -2.44. The zero-order valence-electron chi connectivity index (χ0n) is 12.3. The number of benzene rings is 1. The second-order valence-corrected chi connectivity index (χ2v) is 7.56. The third kappa shape index (κ3) is 4.11. The lowest BCUT2D eigenvalue weighted by atomic mass is 9.70. The number of hydrogen-bond donors (Lipinski definition) is 2. The summed E-state index contributed by atoms with van der Waals surface area (Å²) >= 11 is 12.2. The van der Waals surface area contributed by atoms with Gasteiger partial charge in [0.25, 0.3) is 0 Å². The molecule has 3 N–H and O–H groups in total. The SMILES string of the molecule is CC1(C)CCC(C(Cc2ccc(Cl)cc2Cl)NN)CC1. The highest BCUT2D eigenvalue weighted by Crippen LogP contribution is 2.39. The van der Waals surface area contributed by atoms with Gasteiger partial charge in [0.15, 0.2) is 0 Å². The molecule has 20 heavy (non-hydrogen) atoms. The summed E-state index contributed by atoms with van der Waals surface area (Å²) in [5.74, 6) is 6.40. The average molecular weight is 315 g/mol. The Morgan fingerprint density at radius 3 is 2.50 bits per heavy atom. The Kier molecular flexibility index (Phi) is 5.36. The van der Waals surface area contributed by atoms with E-state index in [2.05, 4.69) is 19.3 Å². The predicted octanol–water partition coefficient (Wildman–Crippen LogP) is 4.58. The summed E-state index contributed by atoms with van der Waals surface area (Å²) in [6, 6.07) is 5.97. The molecule has 112 valence electrons. The molecule has 0 heterocycles. The fourth-order valence-corrected chi connectivity index (χ4v) is 3.60. The van der Waals surface area contributed by atoms with Gasteiger partial charge in [-0.3, -0.25) is 11.3 Å². The molecule has 1 aliphatic rings. The van der Waals surface area contributed by atoms with E-state index in [1.54, 1.807) is 6.07 Å². The Morgan fingerprint density at radius 1 is 1.30 bits per heavy atom. The number of nitrogens with two attached hydrogens (primary N) is 1. The number of hydrazine groups is 1. The van der Waals surface area contributed by atoms with Crippen molar-refractivity contribution in [1.29, 1.82) is 0 Å². The van der Waals surface area contributed by atoms with E-state index in [0.717, 1.165) is 17.0 Å². The van der Waals surface area contributed by atoms with Gasteiger partial charge in [0.1, 0.15) is 0 Å². The van der Waals surface area contributed by atoms with Gasteiger partial charge in [0.2, 0.25) is 0 Å². The fourth-order valence-electron chi connectivity index (χ4n) is 3.11. The molecule has 0 aliphatic heterocycles. The van der Waals surface area contributed by atoms with Crippen LogP contribution in [0.25, 0.3) is 0 Å². The zero-order chi connectivity index (χ0) is 14.8. The van der Waals surface area contributed by atoms with E-state index in [4.69, 9.17) is 29.0 Å². The smallest absolute Gasteiger partial charge is 0.0453 e. The summed E-state index contributed by atoms with van der Waals surface area (Å²) in [7, 11) is 0. The van der Waals surface area contributed by atoms with Crippen molar-refractivity contribution < 1.29 is 0 Å². The van der Waals surface area contributed by atoms with Crippen molar-refractivity contribution in [2.24, 2.45) is 17.2 Å². The standard InChI is InChI=1S/C16H24Cl2N2/c1-16(2)7-5-11(6-8-16)15(20-19)9-12-3-4-13(17)10-14(12)18/h3-4,10-11,15,20H,5-9,19H2,1-2H3. The summed E-state index contributed by atoms with van der Waals surface area (Å²) in [4.78, 5) is 0. The normalized spacial score (nSPS) is 20.9. The van der Waals surface area contributed by atoms with E-state index in [-0.39, 0.29) is 6.04 Å². The molecule has 1 unspecified atom stereocenters. The summed E-state index contributed by atoms with van der Waals surface area (Å²) < 4.78 is 0. The molecule has 4 heteroatoms. The van der Waals surface area contributed by atoms with E-state index in [9.17, 15) is 0 Å². The first kappa shape index (κ1) is 16.1. The van der Waals surface area contributed by atoms with Crippen LogP contribution in [0.4, 0.5) is 0 Å². The van der Waals surface area contributed by atoms with Crippen molar-refractivity contribution in [1.82, 2.24) is 5.43 Å². The van der Waals surface area contributed by atoms with Gasteiger partial charge in [0, 0.05) is 16.1 Å². The minimum atomic E-state index is 0.282. The molecule has 0 amide bonds. The lowest BCUT2D eigenvalue weighted by Gasteiger charge is -2.38. The van der Waals surface area contributed by atoms with Gasteiger partial charge in [-0.25, -0.2) is 0 Å². The van der Waals surface area contributed by atoms with Crippen LogP contribution in [0.1, 0.15) is 45.1 Å². The summed E-state index contributed by atoms with van der Waals surface area (Å²) in [6.45, 7) is 4.70. The Bertz CT molecular complexity index is 450. The predicted molar refractivity (Wildman–Crippen MR) is 87.0 cm³/mol. The molecular weight excluding hydrogens is 291 g/mol. The lowest BCUT2D eigenvalue weighted by molar-refractivity contribution is 0.161. The summed E-state index contributed by atoms with van der Waals surface area (Å²) in [6.07, 6.45) is 5.85. The van der Waals surface area contributed by atoms with Crippen molar-refractivity contribution in [2.45, 2.75) is 52.0 Å². The van der Waals surface area contributed by atoms with Crippen molar-refractivity contribution in [3.8, 4) is 0 Å². The highest BCUT2D eigenvalue weighted by Gasteiger charge is 2.31. The molecule has 2 rings (SSSR count). The molecule has 1 saturated carbocycles. The van der Waals surface area contributed by atoms with Crippen molar-refractivity contribution in [3.05, 3.63) is 33.8 Å². The van der Waals surface area contributed by atoms with Crippen LogP contribution in [-0.2, 0) is 6.42 Å². The van der Waals surface area contributed by atoms with Gasteiger partial charge in [-0.15, -0.1) is 0 Å². The first-order chi connectivity index (χ1) is 9.41. The van der Waals surface area contributed by atoms with Gasteiger partial charge in [-0.1, -0.05) is 43.1 Å². The summed E-state index contributed by atoms with van der Waals surface area (Å²) in [5.41, 5.74) is 4.59. The Labute approximate surface area is 132 Å². The molecule has 1 fully saturated rings. The molecule has 1 aromatic rings. The zero-order valence-corrected chi connectivity index (χ0v) is 13.8. The average Bonchev–Trinajstić information content (AvgIpc) is 2.39. The van der Waals surface area contributed by atoms with Crippen LogP contribution in [0.5, 0.6) is 0 Å². The summed E-state index contributed by atoms with van der Waals surface area (Å²) in [5, 5.41) is 1.41. The van der Waals surface area contributed by atoms with Gasteiger partial charge in [-0.2, -0.15) is 0 Å². The molecule has 1 atom stereocenters. The fraction of sp³-hybridized carbons (Fsp3) is 0.625.